The second kappa shape index (κ2) is 10.5. The van der Waals surface area contributed by atoms with Crippen molar-refractivity contribution in [3.05, 3.63) is 52.9 Å². The van der Waals surface area contributed by atoms with Gasteiger partial charge in [0.15, 0.2) is 11.7 Å². The van der Waals surface area contributed by atoms with E-state index in [-0.39, 0.29) is 24.0 Å². The summed E-state index contributed by atoms with van der Waals surface area (Å²) in [5.74, 6) is 1.59. The number of aromatic nitrogens is 1. The Labute approximate surface area is 173 Å². The number of hydrogen-bond donors (Lipinski definition) is 2. The summed E-state index contributed by atoms with van der Waals surface area (Å²) in [6.45, 7) is 5.06. The third kappa shape index (κ3) is 7.39. The Kier molecular flexibility index (Phi) is 9.07. The van der Waals surface area contributed by atoms with E-state index in [9.17, 15) is 13.2 Å². The molecule has 0 saturated heterocycles. The lowest BCUT2D eigenvalue weighted by atomic mass is 10.1. The summed E-state index contributed by atoms with van der Waals surface area (Å²) < 4.78 is 42.9. The Morgan fingerprint density at radius 1 is 1.19 bits per heavy atom. The lowest BCUT2D eigenvalue weighted by Crippen LogP contribution is -2.37. The molecule has 2 aromatic rings. The molecule has 9 heteroatoms. The Hall–Kier alpha value is -1.78. The topological polar surface area (TPSA) is 62.5 Å². The molecule has 2 rings (SSSR count). The average Bonchev–Trinajstić information content (AvgIpc) is 3.07. The lowest BCUT2D eigenvalue weighted by Gasteiger charge is -2.11. The molecule has 0 aliphatic rings. The minimum absolute atomic E-state index is 0. The van der Waals surface area contributed by atoms with Gasteiger partial charge in [-0.15, -0.1) is 24.0 Å². The number of nitrogens with one attached hydrogen (secondary N) is 2. The maximum absolute atomic E-state index is 12.5. The molecule has 2 N–H and O–H groups in total. The molecule has 0 aliphatic carbocycles. The van der Waals surface area contributed by atoms with Crippen LogP contribution >= 0.6 is 24.0 Å². The summed E-state index contributed by atoms with van der Waals surface area (Å²) in [5, 5.41) is 10.2. The number of aliphatic imine (C=N–C) groups is 1. The summed E-state index contributed by atoms with van der Waals surface area (Å²) in [6, 6.07) is 7.07. The van der Waals surface area contributed by atoms with Crippen molar-refractivity contribution in [1.82, 2.24) is 15.8 Å². The SMILES string of the molecule is CN=C(NCCc1ccc(C(F)(F)F)cc1)NCc1cc(C(C)C)no1.I. The second-order valence-corrected chi connectivity index (χ2v) is 6.17. The molecule has 0 fully saturated rings. The fraction of sp³-hybridized carbons (Fsp3) is 0.444. The van der Waals surface area contributed by atoms with Crippen LogP contribution in [0.1, 0.15) is 42.3 Å². The molecule has 150 valence electrons. The quantitative estimate of drug-likeness (QED) is 0.355. The third-order valence-electron chi connectivity index (χ3n) is 3.81. The molecule has 0 aliphatic heterocycles. The van der Waals surface area contributed by atoms with Crippen LogP contribution in [0.4, 0.5) is 13.2 Å². The Morgan fingerprint density at radius 3 is 2.37 bits per heavy atom. The van der Waals surface area contributed by atoms with Gasteiger partial charge in [-0.25, -0.2) is 0 Å². The van der Waals surface area contributed by atoms with E-state index < -0.39 is 11.7 Å². The van der Waals surface area contributed by atoms with Crippen molar-refractivity contribution in [1.29, 1.82) is 0 Å². The number of benzene rings is 1. The van der Waals surface area contributed by atoms with Crippen LogP contribution in [0.3, 0.4) is 0 Å². The molecule has 0 atom stereocenters. The monoisotopic (exact) mass is 496 g/mol. The standard InChI is InChI=1S/C18H23F3N4O.HI/c1-12(2)16-10-15(26-25-16)11-24-17(22-3)23-9-8-13-4-6-14(7-5-13)18(19,20)21;/h4-7,10,12H,8-9,11H2,1-3H3,(H2,22,23,24);1H. The number of guanidine groups is 1. The Bertz CT molecular complexity index is 727. The maximum atomic E-state index is 12.5. The van der Waals surface area contributed by atoms with Crippen molar-refractivity contribution >= 4 is 29.9 Å². The van der Waals surface area contributed by atoms with Gasteiger partial charge in [-0.2, -0.15) is 13.2 Å². The van der Waals surface area contributed by atoms with Gasteiger partial charge in [0, 0.05) is 19.7 Å². The first-order valence-electron chi connectivity index (χ1n) is 8.35. The van der Waals surface area contributed by atoms with E-state index in [1.807, 2.05) is 19.9 Å². The fourth-order valence-corrected chi connectivity index (χ4v) is 2.26. The van der Waals surface area contributed by atoms with Gasteiger partial charge in [0.2, 0.25) is 0 Å². The predicted octanol–water partition coefficient (Wildman–Crippen LogP) is 4.34. The van der Waals surface area contributed by atoms with E-state index in [1.54, 1.807) is 7.05 Å². The number of alkyl halides is 3. The van der Waals surface area contributed by atoms with Crippen LogP contribution in [0.2, 0.25) is 0 Å². The lowest BCUT2D eigenvalue weighted by molar-refractivity contribution is -0.137. The van der Waals surface area contributed by atoms with Crippen molar-refractivity contribution in [3.63, 3.8) is 0 Å². The fourth-order valence-electron chi connectivity index (χ4n) is 2.26. The van der Waals surface area contributed by atoms with Gasteiger partial charge in [-0.1, -0.05) is 31.1 Å². The van der Waals surface area contributed by atoms with E-state index in [2.05, 4.69) is 20.8 Å². The summed E-state index contributed by atoms with van der Waals surface area (Å²) in [5.41, 5.74) is 1.07. The number of nitrogens with zero attached hydrogens (tertiary/aromatic N) is 2. The van der Waals surface area contributed by atoms with Crippen molar-refractivity contribution in [2.75, 3.05) is 13.6 Å². The summed E-state index contributed by atoms with van der Waals surface area (Å²) in [4.78, 5) is 4.11. The molecule has 0 spiro atoms. The van der Waals surface area contributed by atoms with Gasteiger partial charge in [-0.05, 0) is 30.0 Å². The van der Waals surface area contributed by atoms with Crippen LogP contribution in [-0.4, -0.2) is 24.7 Å². The molecular weight excluding hydrogens is 472 g/mol. The van der Waals surface area contributed by atoms with Gasteiger partial charge in [0.25, 0.3) is 0 Å². The Balaban J connectivity index is 0.00000364. The van der Waals surface area contributed by atoms with Crippen LogP contribution in [0.5, 0.6) is 0 Å². The normalized spacial score (nSPS) is 12.0. The molecule has 1 heterocycles. The molecule has 0 saturated carbocycles. The molecule has 0 bridgehead atoms. The molecular formula is C18H24F3IN4O. The number of halogens is 4. The first-order chi connectivity index (χ1) is 12.3. The van der Waals surface area contributed by atoms with E-state index >= 15 is 0 Å². The average molecular weight is 496 g/mol. The first-order valence-corrected chi connectivity index (χ1v) is 8.35. The smallest absolute Gasteiger partial charge is 0.359 e. The molecule has 0 radical (unpaired) electrons. The number of rotatable bonds is 6. The molecule has 0 unspecified atom stereocenters. The van der Waals surface area contributed by atoms with Crippen molar-refractivity contribution in [3.8, 4) is 0 Å². The minimum Gasteiger partial charge on any atom is -0.359 e. The number of hydrogen-bond acceptors (Lipinski definition) is 3. The van der Waals surface area contributed by atoms with Crippen molar-refractivity contribution < 1.29 is 17.7 Å². The Morgan fingerprint density at radius 2 is 1.85 bits per heavy atom. The largest absolute Gasteiger partial charge is 0.416 e. The van der Waals surface area contributed by atoms with Crippen LogP contribution in [0.25, 0.3) is 0 Å². The highest BCUT2D eigenvalue weighted by atomic mass is 127. The van der Waals surface area contributed by atoms with E-state index in [4.69, 9.17) is 4.52 Å². The van der Waals surface area contributed by atoms with E-state index in [0.29, 0.717) is 37.1 Å². The van der Waals surface area contributed by atoms with Gasteiger partial charge in [0.05, 0.1) is 17.8 Å². The maximum Gasteiger partial charge on any atom is 0.416 e. The van der Waals surface area contributed by atoms with E-state index in [0.717, 1.165) is 23.4 Å². The third-order valence-corrected chi connectivity index (χ3v) is 3.81. The van der Waals surface area contributed by atoms with E-state index in [1.165, 1.54) is 12.1 Å². The van der Waals surface area contributed by atoms with Gasteiger partial charge in [-0.3, -0.25) is 4.99 Å². The van der Waals surface area contributed by atoms with Crippen LogP contribution in [0, 0.1) is 0 Å². The highest BCUT2D eigenvalue weighted by molar-refractivity contribution is 14.0. The molecule has 1 aromatic heterocycles. The van der Waals surface area contributed by atoms with Crippen molar-refractivity contribution in [2.24, 2.45) is 4.99 Å². The van der Waals surface area contributed by atoms with Gasteiger partial charge >= 0.3 is 6.18 Å². The molecule has 1 aromatic carbocycles. The summed E-state index contributed by atoms with van der Waals surface area (Å²) >= 11 is 0. The highest BCUT2D eigenvalue weighted by Gasteiger charge is 2.29. The zero-order valence-corrected chi connectivity index (χ0v) is 17.8. The predicted molar refractivity (Wildman–Crippen MR) is 109 cm³/mol. The molecule has 0 amide bonds. The summed E-state index contributed by atoms with van der Waals surface area (Å²) in [6.07, 6.45) is -3.72. The highest BCUT2D eigenvalue weighted by Crippen LogP contribution is 2.29. The van der Waals surface area contributed by atoms with Crippen LogP contribution in [-0.2, 0) is 19.1 Å². The van der Waals surface area contributed by atoms with Crippen LogP contribution in [0.15, 0.2) is 39.8 Å². The van der Waals surface area contributed by atoms with Crippen LogP contribution < -0.4 is 10.6 Å². The van der Waals surface area contributed by atoms with Gasteiger partial charge < -0.3 is 15.2 Å². The second-order valence-electron chi connectivity index (χ2n) is 6.17. The zero-order chi connectivity index (χ0) is 19.2. The summed E-state index contributed by atoms with van der Waals surface area (Å²) in [7, 11) is 1.65. The molecule has 5 nitrogen and oxygen atoms in total. The van der Waals surface area contributed by atoms with Gasteiger partial charge in [0.1, 0.15) is 0 Å². The minimum atomic E-state index is -4.31. The first kappa shape index (κ1) is 23.3. The molecule has 27 heavy (non-hydrogen) atoms. The zero-order valence-electron chi connectivity index (χ0n) is 15.4. The van der Waals surface area contributed by atoms with Crippen molar-refractivity contribution in [2.45, 2.75) is 38.9 Å².